The van der Waals surface area contributed by atoms with Crippen LogP contribution in [-0.4, -0.2) is 66.3 Å². The zero-order valence-electron chi connectivity index (χ0n) is 13.2. The number of benzene rings is 1. The molecule has 0 atom stereocenters. The summed E-state index contributed by atoms with van der Waals surface area (Å²) >= 11 is 1.39. The van der Waals surface area contributed by atoms with Gasteiger partial charge in [0.15, 0.2) is 16.7 Å². The van der Waals surface area contributed by atoms with Crippen LogP contribution in [0.4, 0.5) is 0 Å². The molecule has 7 heteroatoms. The molecule has 0 aromatic heterocycles. The van der Waals surface area contributed by atoms with E-state index in [0.29, 0.717) is 10.7 Å². The third-order valence-electron chi connectivity index (χ3n) is 3.88. The van der Waals surface area contributed by atoms with Crippen molar-refractivity contribution < 1.29 is 14.6 Å². The van der Waals surface area contributed by atoms with Gasteiger partial charge in [0.1, 0.15) is 0 Å². The van der Waals surface area contributed by atoms with E-state index < -0.39 is 0 Å². The van der Waals surface area contributed by atoms with Crippen LogP contribution in [0.1, 0.15) is 5.56 Å². The lowest BCUT2D eigenvalue weighted by Crippen LogP contribution is -2.46. The molecule has 1 aromatic rings. The van der Waals surface area contributed by atoms with Crippen molar-refractivity contribution in [2.45, 2.75) is 0 Å². The van der Waals surface area contributed by atoms with E-state index in [9.17, 15) is 9.90 Å². The number of hydrogen-bond donors (Lipinski definition) is 1. The first-order chi connectivity index (χ1) is 11.1. The minimum atomic E-state index is -0.223. The smallest absolute Gasteiger partial charge is 0.286 e. The fraction of sp³-hybridized carbons (Fsp3) is 0.375. The number of aromatic hydroxyl groups is 1. The van der Waals surface area contributed by atoms with Gasteiger partial charge < -0.3 is 19.6 Å². The number of phenolic OH excluding ortho intramolecular Hbond substituents is 1. The second-order valence-corrected chi connectivity index (χ2v) is 6.54. The fourth-order valence-electron chi connectivity index (χ4n) is 2.48. The Labute approximate surface area is 139 Å². The third kappa shape index (κ3) is 3.51. The molecule has 0 spiro atoms. The first-order valence-corrected chi connectivity index (χ1v) is 8.21. The highest BCUT2D eigenvalue weighted by molar-refractivity contribution is 8.18. The predicted octanol–water partition coefficient (Wildman–Crippen LogP) is 1.62. The number of rotatable bonds is 2. The van der Waals surface area contributed by atoms with E-state index in [2.05, 4.69) is 21.8 Å². The number of nitrogens with zero attached hydrogens (tertiary/aromatic N) is 3. The van der Waals surface area contributed by atoms with Crippen molar-refractivity contribution >= 4 is 28.9 Å². The zero-order chi connectivity index (χ0) is 16.4. The van der Waals surface area contributed by atoms with Crippen molar-refractivity contribution in [1.29, 1.82) is 0 Å². The summed E-state index contributed by atoms with van der Waals surface area (Å²) in [5.41, 5.74) is 0.744. The van der Waals surface area contributed by atoms with Crippen molar-refractivity contribution in [2.24, 2.45) is 4.99 Å². The van der Waals surface area contributed by atoms with Gasteiger partial charge in [0.05, 0.1) is 12.0 Å². The highest BCUT2D eigenvalue weighted by Crippen LogP contribution is 2.32. The highest BCUT2D eigenvalue weighted by Gasteiger charge is 2.27. The molecule has 0 unspecified atom stereocenters. The Bertz CT molecular complexity index is 679. The Morgan fingerprint density at radius 3 is 2.70 bits per heavy atom. The normalized spacial score (nSPS) is 21.0. The van der Waals surface area contributed by atoms with Gasteiger partial charge in [-0.2, -0.15) is 4.99 Å². The Morgan fingerprint density at radius 2 is 2.04 bits per heavy atom. The van der Waals surface area contributed by atoms with E-state index in [-0.39, 0.29) is 11.7 Å². The van der Waals surface area contributed by atoms with E-state index in [4.69, 9.17) is 4.74 Å². The van der Waals surface area contributed by atoms with Gasteiger partial charge in [-0.05, 0) is 42.6 Å². The lowest BCUT2D eigenvalue weighted by atomic mass is 10.2. The van der Waals surface area contributed by atoms with Crippen molar-refractivity contribution in [3.63, 3.8) is 0 Å². The molecule has 0 saturated carbocycles. The van der Waals surface area contributed by atoms with Crippen LogP contribution in [0.15, 0.2) is 28.1 Å². The molecule has 23 heavy (non-hydrogen) atoms. The second-order valence-electron chi connectivity index (χ2n) is 5.53. The minimum absolute atomic E-state index is 0.0532. The molecule has 1 N–H and O–H groups in total. The van der Waals surface area contributed by atoms with E-state index in [1.165, 1.54) is 18.9 Å². The number of piperazine rings is 1. The Hall–Kier alpha value is -1.99. The lowest BCUT2D eigenvalue weighted by molar-refractivity contribution is -0.113. The molecule has 1 saturated heterocycles. The summed E-state index contributed by atoms with van der Waals surface area (Å²) in [6.45, 7) is 3.71. The Balaban J connectivity index is 1.73. The number of methoxy groups -OCH3 is 1. The number of amidine groups is 1. The Kier molecular flexibility index (Phi) is 4.58. The van der Waals surface area contributed by atoms with Crippen molar-refractivity contribution in [2.75, 3.05) is 40.3 Å². The minimum Gasteiger partial charge on any atom is -0.504 e. The van der Waals surface area contributed by atoms with Gasteiger partial charge in [0, 0.05) is 26.2 Å². The van der Waals surface area contributed by atoms with Gasteiger partial charge in [-0.1, -0.05) is 6.07 Å². The number of aliphatic imine (C=N–C) groups is 1. The standard InChI is InChI=1S/C16H19N3O3S/c1-18-5-7-19(8-6-18)16-17-15(21)14(23-16)10-11-3-4-13(22-2)12(20)9-11/h3-4,9-10,20H,5-8H2,1-2H3/b14-10-. The topological polar surface area (TPSA) is 65.4 Å². The van der Waals surface area contributed by atoms with E-state index in [1.807, 2.05) is 0 Å². The maximum absolute atomic E-state index is 12.1. The van der Waals surface area contributed by atoms with Gasteiger partial charge in [0.2, 0.25) is 0 Å². The van der Waals surface area contributed by atoms with Crippen LogP contribution in [0.5, 0.6) is 11.5 Å². The molecule has 1 amide bonds. The molecule has 2 aliphatic rings. The summed E-state index contributed by atoms with van der Waals surface area (Å²) in [5.74, 6) is 0.240. The van der Waals surface area contributed by atoms with Crippen LogP contribution in [0.25, 0.3) is 6.08 Å². The molecule has 2 aliphatic heterocycles. The van der Waals surface area contributed by atoms with Crippen molar-refractivity contribution in [3.05, 3.63) is 28.7 Å². The second kappa shape index (κ2) is 6.64. The Morgan fingerprint density at radius 1 is 1.30 bits per heavy atom. The zero-order valence-corrected chi connectivity index (χ0v) is 14.0. The van der Waals surface area contributed by atoms with E-state index in [1.54, 1.807) is 24.3 Å². The van der Waals surface area contributed by atoms with Gasteiger partial charge in [-0.25, -0.2) is 0 Å². The summed E-state index contributed by atoms with van der Waals surface area (Å²) in [7, 11) is 3.59. The van der Waals surface area contributed by atoms with E-state index >= 15 is 0 Å². The molecule has 2 heterocycles. The molecule has 122 valence electrons. The summed E-state index contributed by atoms with van der Waals surface area (Å²) in [6.07, 6.45) is 1.75. The number of thioether (sulfide) groups is 1. The predicted molar refractivity (Wildman–Crippen MR) is 91.7 cm³/mol. The van der Waals surface area contributed by atoms with Crippen LogP contribution in [0, 0.1) is 0 Å². The van der Waals surface area contributed by atoms with Crippen LogP contribution < -0.4 is 4.74 Å². The first kappa shape index (κ1) is 15.9. The SMILES string of the molecule is COc1ccc(/C=C2\SC(N3CCN(C)CC3)=NC2=O)cc1O. The first-order valence-electron chi connectivity index (χ1n) is 7.40. The number of hydrogen-bond acceptors (Lipinski definition) is 6. The lowest BCUT2D eigenvalue weighted by Gasteiger charge is -2.32. The quantitative estimate of drug-likeness (QED) is 0.830. The maximum atomic E-state index is 12.1. The maximum Gasteiger partial charge on any atom is 0.286 e. The molecule has 1 fully saturated rings. The molecule has 0 radical (unpaired) electrons. The van der Waals surface area contributed by atoms with Gasteiger partial charge in [-0.15, -0.1) is 0 Å². The third-order valence-corrected chi connectivity index (χ3v) is 4.93. The number of amides is 1. The largest absolute Gasteiger partial charge is 0.504 e. The number of carbonyl (C=O) groups excluding carboxylic acids is 1. The number of phenols is 1. The van der Waals surface area contributed by atoms with Crippen LogP contribution >= 0.6 is 11.8 Å². The van der Waals surface area contributed by atoms with E-state index in [0.717, 1.165) is 36.9 Å². The summed E-state index contributed by atoms with van der Waals surface area (Å²) < 4.78 is 5.02. The fourth-order valence-corrected chi connectivity index (χ4v) is 3.44. The van der Waals surface area contributed by atoms with Crippen LogP contribution in [0.2, 0.25) is 0 Å². The van der Waals surface area contributed by atoms with Gasteiger partial charge in [-0.3, -0.25) is 4.79 Å². The van der Waals surface area contributed by atoms with Crippen LogP contribution in [0.3, 0.4) is 0 Å². The molecular weight excluding hydrogens is 314 g/mol. The monoisotopic (exact) mass is 333 g/mol. The number of likely N-dealkylation sites (N-methyl/N-ethyl adjacent to an activating group) is 1. The van der Waals surface area contributed by atoms with Crippen LogP contribution in [-0.2, 0) is 4.79 Å². The van der Waals surface area contributed by atoms with Crippen molar-refractivity contribution in [3.8, 4) is 11.5 Å². The number of ether oxygens (including phenoxy) is 1. The summed E-state index contributed by atoms with van der Waals surface area (Å²) in [6, 6.07) is 5.05. The molecule has 6 nitrogen and oxygen atoms in total. The molecule has 1 aromatic carbocycles. The molecular formula is C16H19N3O3S. The molecule has 0 bridgehead atoms. The average molecular weight is 333 g/mol. The summed E-state index contributed by atoms with van der Waals surface area (Å²) in [4.78, 5) is 21.2. The van der Waals surface area contributed by atoms with Gasteiger partial charge in [0.25, 0.3) is 5.91 Å². The highest BCUT2D eigenvalue weighted by atomic mass is 32.2. The molecule has 0 aliphatic carbocycles. The average Bonchev–Trinajstić information content (AvgIpc) is 2.89. The molecule has 3 rings (SSSR count). The summed E-state index contributed by atoms with van der Waals surface area (Å²) in [5, 5.41) is 10.6. The number of carbonyl (C=O) groups is 1. The van der Waals surface area contributed by atoms with Gasteiger partial charge >= 0.3 is 0 Å². The van der Waals surface area contributed by atoms with Crippen molar-refractivity contribution in [1.82, 2.24) is 9.80 Å².